The fourth-order valence-electron chi connectivity index (χ4n) is 1.55. The molecule has 0 spiro atoms. The van der Waals surface area contributed by atoms with Crippen molar-refractivity contribution in [3.05, 3.63) is 29.8 Å². The highest BCUT2D eigenvalue weighted by atomic mass is 32.2. The minimum Gasteiger partial charge on any atom is -0.494 e. The summed E-state index contributed by atoms with van der Waals surface area (Å²) in [4.78, 5) is 0. The summed E-state index contributed by atoms with van der Waals surface area (Å²) in [6.45, 7) is 2.91. The van der Waals surface area contributed by atoms with E-state index in [2.05, 4.69) is 17.1 Å². The molecular weight excluding hydrogens is 246 g/mol. The van der Waals surface area contributed by atoms with Crippen molar-refractivity contribution in [1.29, 1.82) is 0 Å². The number of hydrogen-bond acceptors (Lipinski definition) is 5. The van der Waals surface area contributed by atoms with E-state index in [0.717, 1.165) is 42.2 Å². The lowest BCUT2D eigenvalue weighted by atomic mass is 10.1. The number of amidine groups is 1. The van der Waals surface area contributed by atoms with Crippen LogP contribution in [0.5, 0.6) is 5.75 Å². The maximum Gasteiger partial charge on any atom is 0.180 e. The maximum atomic E-state index is 5.68. The molecule has 0 aliphatic carbocycles. The Balaban J connectivity index is 2.07. The Morgan fingerprint density at radius 2 is 2.28 bits per heavy atom. The molecule has 1 heterocycles. The number of nitrogens with zero attached hydrogens (tertiary/aromatic N) is 2. The van der Waals surface area contributed by atoms with Gasteiger partial charge in [0.2, 0.25) is 0 Å². The Morgan fingerprint density at radius 3 is 3.00 bits per heavy atom. The standard InChI is InChI=1S/C13H17N3OS/c1-2-3-7-17-11-6-4-5-10(8-11)12-9-18-13(14)16-15-12/h4-6,8H,2-3,7,9H2,1H3,(H2,14,16). The van der Waals surface area contributed by atoms with Crippen LogP contribution < -0.4 is 10.5 Å². The zero-order chi connectivity index (χ0) is 12.8. The van der Waals surface area contributed by atoms with Gasteiger partial charge in [0.25, 0.3) is 0 Å². The van der Waals surface area contributed by atoms with Gasteiger partial charge in [0.15, 0.2) is 5.17 Å². The van der Waals surface area contributed by atoms with Crippen molar-refractivity contribution in [2.45, 2.75) is 19.8 Å². The lowest BCUT2D eigenvalue weighted by Crippen LogP contribution is -2.16. The van der Waals surface area contributed by atoms with Gasteiger partial charge < -0.3 is 10.5 Å². The number of ether oxygens (including phenoxy) is 1. The van der Waals surface area contributed by atoms with Crippen LogP contribution in [0.2, 0.25) is 0 Å². The first kappa shape index (κ1) is 13.0. The zero-order valence-electron chi connectivity index (χ0n) is 10.4. The van der Waals surface area contributed by atoms with Gasteiger partial charge in [-0.25, -0.2) is 0 Å². The summed E-state index contributed by atoms with van der Waals surface area (Å²) < 4.78 is 5.68. The topological polar surface area (TPSA) is 60.0 Å². The smallest absolute Gasteiger partial charge is 0.180 e. The molecule has 1 aliphatic rings. The van der Waals surface area contributed by atoms with Crippen LogP contribution in [0.25, 0.3) is 0 Å². The third-order valence-electron chi connectivity index (χ3n) is 2.56. The fraction of sp³-hybridized carbons (Fsp3) is 0.385. The van der Waals surface area contributed by atoms with Crippen molar-refractivity contribution >= 4 is 22.6 Å². The van der Waals surface area contributed by atoms with Gasteiger partial charge in [-0.1, -0.05) is 37.2 Å². The van der Waals surface area contributed by atoms with E-state index in [-0.39, 0.29) is 0 Å². The van der Waals surface area contributed by atoms with E-state index in [0.29, 0.717) is 5.17 Å². The average molecular weight is 263 g/mol. The molecule has 0 atom stereocenters. The van der Waals surface area contributed by atoms with Crippen LogP contribution in [0.15, 0.2) is 34.5 Å². The molecule has 96 valence electrons. The highest BCUT2D eigenvalue weighted by Gasteiger charge is 2.10. The lowest BCUT2D eigenvalue weighted by molar-refractivity contribution is 0.309. The van der Waals surface area contributed by atoms with Crippen molar-refractivity contribution in [3.63, 3.8) is 0 Å². The number of thioether (sulfide) groups is 1. The van der Waals surface area contributed by atoms with Gasteiger partial charge in [0.1, 0.15) is 5.75 Å². The minimum absolute atomic E-state index is 0.522. The molecule has 2 N–H and O–H groups in total. The summed E-state index contributed by atoms with van der Waals surface area (Å²) in [6.07, 6.45) is 2.21. The normalized spacial score (nSPS) is 14.9. The Bertz CT molecular complexity index is 471. The van der Waals surface area contributed by atoms with Crippen LogP contribution >= 0.6 is 11.8 Å². The highest BCUT2D eigenvalue weighted by Crippen LogP contribution is 2.18. The van der Waals surface area contributed by atoms with E-state index in [4.69, 9.17) is 10.5 Å². The van der Waals surface area contributed by atoms with Gasteiger partial charge in [-0.05, 0) is 18.6 Å². The molecule has 0 saturated carbocycles. The second kappa shape index (κ2) is 6.44. The molecule has 18 heavy (non-hydrogen) atoms. The van der Waals surface area contributed by atoms with Crippen molar-refractivity contribution in [3.8, 4) is 5.75 Å². The van der Waals surface area contributed by atoms with E-state index in [9.17, 15) is 0 Å². The number of rotatable bonds is 5. The SMILES string of the molecule is CCCCOc1cccc(C2=NN=C(N)SC2)c1. The van der Waals surface area contributed by atoms with Crippen LogP contribution in [0.3, 0.4) is 0 Å². The first-order valence-corrected chi connectivity index (χ1v) is 7.04. The van der Waals surface area contributed by atoms with Gasteiger partial charge in [-0.3, -0.25) is 0 Å². The molecule has 0 unspecified atom stereocenters. The summed E-state index contributed by atoms with van der Waals surface area (Å²) >= 11 is 1.50. The summed E-state index contributed by atoms with van der Waals surface area (Å²) in [5.41, 5.74) is 7.56. The minimum atomic E-state index is 0.522. The quantitative estimate of drug-likeness (QED) is 0.831. The highest BCUT2D eigenvalue weighted by molar-refractivity contribution is 8.14. The van der Waals surface area contributed by atoms with E-state index >= 15 is 0 Å². The van der Waals surface area contributed by atoms with Gasteiger partial charge in [0.05, 0.1) is 12.3 Å². The van der Waals surface area contributed by atoms with Gasteiger partial charge in [0, 0.05) is 11.3 Å². The van der Waals surface area contributed by atoms with Crippen LogP contribution in [-0.4, -0.2) is 23.2 Å². The molecule has 1 aromatic rings. The number of hydrogen-bond donors (Lipinski definition) is 1. The molecular formula is C13H17N3OS. The Morgan fingerprint density at radius 1 is 1.39 bits per heavy atom. The van der Waals surface area contributed by atoms with Crippen molar-refractivity contribution in [2.24, 2.45) is 15.9 Å². The third-order valence-corrected chi connectivity index (χ3v) is 3.36. The predicted molar refractivity (Wildman–Crippen MR) is 77.5 cm³/mol. The van der Waals surface area contributed by atoms with Gasteiger partial charge in [-0.2, -0.15) is 5.10 Å². The van der Waals surface area contributed by atoms with Crippen LogP contribution in [0, 0.1) is 0 Å². The molecule has 0 aromatic heterocycles. The van der Waals surface area contributed by atoms with Crippen molar-refractivity contribution < 1.29 is 4.74 Å². The fourth-order valence-corrected chi connectivity index (χ4v) is 2.16. The summed E-state index contributed by atoms with van der Waals surface area (Å²) in [7, 11) is 0. The number of benzene rings is 1. The molecule has 1 aliphatic heterocycles. The molecule has 0 radical (unpaired) electrons. The van der Waals surface area contributed by atoms with Crippen LogP contribution in [-0.2, 0) is 0 Å². The van der Waals surface area contributed by atoms with E-state index in [1.54, 1.807) is 0 Å². The lowest BCUT2D eigenvalue weighted by Gasteiger charge is -2.11. The largest absolute Gasteiger partial charge is 0.494 e. The molecule has 0 saturated heterocycles. The summed E-state index contributed by atoms with van der Waals surface area (Å²) in [5.74, 6) is 1.64. The molecule has 1 aromatic carbocycles. The monoisotopic (exact) mass is 263 g/mol. The van der Waals surface area contributed by atoms with Gasteiger partial charge >= 0.3 is 0 Å². The Hall–Kier alpha value is -1.49. The van der Waals surface area contributed by atoms with E-state index in [1.807, 2.05) is 24.3 Å². The van der Waals surface area contributed by atoms with E-state index in [1.165, 1.54) is 11.8 Å². The Kier molecular flexibility index (Phi) is 4.64. The average Bonchev–Trinajstić information content (AvgIpc) is 2.40. The predicted octanol–water partition coefficient (Wildman–Crippen LogP) is 2.63. The van der Waals surface area contributed by atoms with Crippen molar-refractivity contribution in [1.82, 2.24) is 0 Å². The Labute approximate surface area is 111 Å². The summed E-state index contributed by atoms with van der Waals surface area (Å²) in [6, 6.07) is 7.97. The summed E-state index contributed by atoms with van der Waals surface area (Å²) in [5, 5.41) is 8.54. The second-order valence-electron chi connectivity index (χ2n) is 4.00. The first-order valence-electron chi connectivity index (χ1n) is 6.05. The van der Waals surface area contributed by atoms with Crippen molar-refractivity contribution in [2.75, 3.05) is 12.4 Å². The molecule has 4 nitrogen and oxygen atoms in total. The molecule has 0 bridgehead atoms. The number of unbranched alkanes of at least 4 members (excludes halogenated alkanes) is 1. The second-order valence-corrected chi connectivity index (χ2v) is 5.00. The first-order chi connectivity index (χ1) is 8.79. The van der Waals surface area contributed by atoms with E-state index < -0.39 is 0 Å². The zero-order valence-corrected chi connectivity index (χ0v) is 11.2. The molecule has 5 heteroatoms. The van der Waals surface area contributed by atoms with Crippen LogP contribution in [0.4, 0.5) is 0 Å². The molecule has 0 fully saturated rings. The number of nitrogens with two attached hydrogens (primary N) is 1. The maximum absolute atomic E-state index is 5.68. The molecule has 0 amide bonds. The van der Waals surface area contributed by atoms with Crippen LogP contribution in [0.1, 0.15) is 25.3 Å². The third kappa shape index (κ3) is 3.50. The van der Waals surface area contributed by atoms with Gasteiger partial charge in [-0.15, -0.1) is 5.10 Å². The molecule has 2 rings (SSSR count).